The lowest BCUT2D eigenvalue weighted by Gasteiger charge is -2.19. The maximum atomic E-state index is 12.2. The highest BCUT2D eigenvalue weighted by atomic mass is 16.5. The van der Waals surface area contributed by atoms with E-state index in [1.165, 1.54) is 0 Å². The first-order valence-electron chi connectivity index (χ1n) is 10.2. The van der Waals surface area contributed by atoms with E-state index >= 15 is 0 Å². The fourth-order valence-electron chi connectivity index (χ4n) is 2.66. The molecule has 31 heavy (non-hydrogen) atoms. The number of hydrogen-bond donors (Lipinski definition) is 1. The van der Waals surface area contributed by atoms with Crippen LogP contribution in [-0.4, -0.2) is 37.6 Å². The van der Waals surface area contributed by atoms with Crippen molar-refractivity contribution in [1.29, 1.82) is 0 Å². The SMILES string of the molecule is CCOc1ccccc1OCCC(=O)OCC(=O)NC(=O)c1ccc(C(C)(C)C)cc1. The van der Waals surface area contributed by atoms with Gasteiger partial charge in [0, 0.05) is 5.56 Å². The average Bonchev–Trinajstić information content (AvgIpc) is 2.73. The Kier molecular flexibility index (Phi) is 8.61. The van der Waals surface area contributed by atoms with E-state index in [2.05, 4.69) is 26.1 Å². The number of amides is 2. The Morgan fingerprint density at radius 1 is 0.903 bits per heavy atom. The van der Waals surface area contributed by atoms with Gasteiger partial charge < -0.3 is 14.2 Å². The van der Waals surface area contributed by atoms with Crippen LogP contribution in [0.15, 0.2) is 48.5 Å². The third kappa shape index (κ3) is 7.77. The van der Waals surface area contributed by atoms with Crippen molar-refractivity contribution in [3.05, 3.63) is 59.7 Å². The Balaban J connectivity index is 1.73. The van der Waals surface area contributed by atoms with E-state index < -0.39 is 24.4 Å². The van der Waals surface area contributed by atoms with Crippen LogP contribution in [0, 0.1) is 0 Å². The smallest absolute Gasteiger partial charge is 0.309 e. The van der Waals surface area contributed by atoms with Gasteiger partial charge in [-0.15, -0.1) is 0 Å². The van der Waals surface area contributed by atoms with Gasteiger partial charge in [0.05, 0.1) is 19.6 Å². The van der Waals surface area contributed by atoms with E-state index in [4.69, 9.17) is 14.2 Å². The monoisotopic (exact) mass is 427 g/mol. The number of imide groups is 1. The van der Waals surface area contributed by atoms with Gasteiger partial charge in [0.2, 0.25) is 0 Å². The third-order valence-corrected chi connectivity index (χ3v) is 4.34. The molecule has 0 saturated carbocycles. The zero-order chi connectivity index (χ0) is 22.9. The molecule has 0 aliphatic rings. The summed E-state index contributed by atoms with van der Waals surface area (Å²) in [5.41, 5.74) is 1.40. The summed E-state index contributed by atoms with van der Waals surface area (Å²) in [6.07, 6.45) is -0.0457. The second-order valence-electron chi connectivity index (χ2n) is 7.84. The van der Waals surface area contributed by atoms with Crippen LogP contribution in [0.2, 0.25) is 0 Å². The molecular formula is C24H29NO6. The molecule has 0 heterocycles. The maximum absolute atomic E-state index is 12.2. The highest BCUT2D eigenvalue weighted by Gasteiger charge is 2.16. The van der Waals surface area contributed by atoms with Crippen molar-refractivity contribution >= 4 is 17.8 Å². The van der Waals surface area contributed by atoms with Gasteiger partial charge in [0.1, 0.15) is 0 Å². The number of esters is 1. The summed E-state index contributed by atoms with van der Waals surface area (Å²) in [4.78, 5) is 35.9. The summed E-state index contributed by atoms with van der Waals surface area (Å²) >= 11 is 0. The molecule has 1 N–H and O–H groups in total. The number of ether oxygens (including phenoxy) is 3. The van der Waals surface area contributed by atoms with E-state index in [1.807, 2.05) is 25.1 Å². The van der Waals surface area contributed by atoms with Crippen LogP contribution in [0.4, 0.5) is 0 Å². The average molecular weight is 427 g/mol. The van der Waals surface area contributed by atoms with E-state index in [0.717, 1.165) is 5.56 Å². The number of para-hydroxylation sites is 2. The molecule has 0 aliphatic heterocycles. The molecule has 7 heteroatoms. The van der Waals surface area contributed by atoms with Gasteiger partial charge >= 0.3 is 5.97 Å². The number of nitrogens with one attached hydrogen (secondary N) is 1. The molecule has 0 unspecified atom stereocenters. The van der Waals surface area contributed by atoms with Crippen LogP contribution < -0.4 is 14.8 Å². The van der Waals surface area contributed by atoms with Crippen LogP contribution in [0.3, 0.4) is 0 Å². The van der Waals surface area contributed by atoms with Gasteiger partial charge in [0.25, 0.3) is 11.8 Å². The molecule has 0 aromatic heterocycles. The van der Waals surface area contributed by atoms with Crippen molar-refractivity contribution < 1.29 is 28.6 Å². The second kappa shape index (κ2) is 11.2. The predicted octanol–water partition coefficient (Wildman–Crippen LogP) is 3.65. The molecule has 0 spiro atoms. The van der Waals surface area contributed by atoms with Crippen molar-refractivity contribution in [2.24, 2.45) is 0 Å². The van der Waals surface area contributed by atoms with Gasteiger partial charge in [-0.2, -0.15) is 0 Å². The zero-order valence-electron chi connectivity index (χ0n) is 18.4. The van der Waals surface area contributed by atoms with E-state index in [9.17, 15) is 14.4 Å². The third-order valence-electron chi connectivity index (χ3n) is 4.34. The first-order chi connectivity index (χ1) is 14.7. The summed E-state index contributed by atoms with van der Waals surface area (Å²) < 4.78 is 15.9. The zero-order valence-corrected chi connectivity index (χ0v) is 18.4. The molecule has 2 aromatic carbocycles. The van der Waals surface area contributed by atoms with Crippen molar-refractivity contribution in [3.8, 4) is 11.5 Å². The Hall–Kier alpha value is -3.35. The lowest BCUT2D eigenvalue weighted by Crippen LogP contribution is -2.34. The fraction of sp³-hybridized carbons (Fsp3) is 0.375. The molecule has 0 atom stereocenters. The quantitative estimate of drug-likeness (QED) is 0.615. The van der Waals surface area contributed by atoms with E-state index in [-0.39, 0.29) is 18.4 Å². The molecule has 2 aromatic rings. The number of carbonyl (C=O) groups is 3. The minimum atomic E-state index is -0.694. The Morgan fingerprint density at radius 2 is 1.52 bits per heavy atom. The fourth-order valence-corrected chi connectivity index (χ4v) is 2.66. The normalized spacial score (nSPS) is 10.8. The van der Waals surface area contributed by atoms with Gasteiger partial charge in [-0.05, 0) is 42.2 Å². The van der Waals surface area contributed by atoms with Gasteiger partial charge in [-0.25, -0.2) is 0 Å². The van der Waals surface area contributed by atoms with Crippen LogP contribution in [0.5, 0.6) is 11.5 Å². The number of carbonyl (C=O) groups excluding carboxylic acids is 3. The van der Waals surface area contributed by atoms with Crippen LogP contribution >= 0.6 is 0 Å². The van der Waals surface area contributed by atoms with Crippen LogP contribution in [-0.2, 0) is 19.7 Å². The van der Waals surface area contributed by atoms with Crippen molar-refractivity contribution in [2.75, 3.05) is 19.8 Å². The number of benzene rings is 2. The molecular weight excluding hydrogens is 398 g/mol. The highest BCUT2D eigenvalue weighted by Crippen LogP contribution is 2.26. The van der Waals surface area contributed by atoms with Gasteiger partial charge in [-0.1, -0.05) is 45.0 Å². The minimum absolute atomic E-state index is 0.0339. The highest BCUT2D eigenvalue weighted by molar-refractivity contribution is 6.05. The molecule has 2 amide bonds. The van der Waals surface area contributed by atoms with Crippen LogP contribution in [0.25, 0.3) is 0 Å². The molecule has 7 nitrogen and oxygen atoms in total. The largest absolute Gasteiger partial charge is 0.490 e. The van der Waals surface area contributed by atoms with Crippen molar-refractivity contribution in [1.82, 2.24) is 5.32 Å². The van der Waals surface area contributed by atoms with E-state index in [1.54, 1.807) is 30.3 Å². The summed E-state index contributed by atoms with van der Waals surface area (Å²) in [6, 6.07) is 14.2. The second-order valence-corrected chi connectivity index (χ2v) is 7.84. The van der Waals surface area contributed by atoms with Gasteiger partial charge in [0.15, 0.2) is 18.1 Å². The number of rotatable bonds is 9. The molecule has 166 valence electrons. The standard InChI is InChI=1S/C24H29NO6/c1-5-29-19-8-6-7-9-20(19)30-15-14-22(27)31-16-21(26)25-23(28)17-10-12-18(13-11-17)24(2,3)4/h6-13H,5,14-16H2,1-4H3,(H,25,26,28). The lowest BCUT2D eigenvalue weighted by molar-refractivity contribution is -0.148. The molecule has 0 bridgehead atoms. The topological polar surface area (TPSA) is 90.9 Å². The molecule has 0 aliphatic carbocycles. The Labute approximate surface area is 182 Å². The maximum Gasteiger partial charge on any atom is 0.309 e. The summed E-state index contributed by atoms with van der Waals surface area (Å²) in [6.45, 7) is 8.11. The summed E-state index contributed by atoms with van der Waals surface area (Å²) in [5, 5.41) is 2.21. The van der Waals surface area contributed by atoms with Crippen LogP contribution in [0.1, 0.15) is 50.0 Å². The Morgan fingerprint density at radius 3 is 2.10 bits per heavy atom. The predicted molar refractivity (Wildman–Crippen MR) is 116 cm³/mol. The Bertz CT molecular complexity index is 899. The molecule has 0 saturated heterocycles. The molecule has 0 fully saturated rings. The summed E-state index contributed by atoms with van der Waals surface area (Å²) in [7, 11) is 0. The first-order valence-corrected chi connectivity index (χ1v) is 10.2. The van der Waals surface area contributed by atoms with E-state index in [0.29, 0.717) is 23.7 Å². The summed E-state index contributed by atoms with van der Waals surface area (Å²) in [5.74, 6) is -0.728. The van der Waals surface area contributed by atoms with Gasteiger partial charge in [-0.3, -0.25) is 19.7 Å². The van der Waals surface area contributed by atoms with Crippen molar-refractivity contribution in [2.45, 2.75) is 39.5 Å². The minimum Gasteiger partial charge on any atom is -0.490 e. The number of hydrogen-bond acceptors (Lipinski definition) is 6. The first kappa shape index (κ1) is 23.9. The molecule has 0 radical (unpaired) electrons. The molecule has 2 rings (SSSR count). The lowest BCUT2D eigenvalue weighted by atomic mass is 9.87. The van der Waals surface area contributed by atoms with Crippen molar-refractivity contribution in [3.63, 3.8) is 0 Å².